The molecule has 2 atom stereocenters. The Bertz CT molecular complexity index is 359. The molecule has 2 nitrogen and oxygen atoms in total. The second-order valence-electron chi connectivity index (χ2n) is 5.85. The zero-order valence-corrected chi connectivity index (χ0v) is 12.1. The zero-order chi connectivity index (χ0) is 12.4. The van der Waals surface area contributed by atoms with Gasteiger partial charge in [0.25, 0.3) is 0 Å². The van der Waals surface area contributed by atoms with Crippen molar-refractivity contribution in [2.45, 2.75) is 38.1 Å². The highest BCUT2D eigenvalue weighted by molar-refractivity contribution is 7.10. The molecule has 1 N–H and O–H groups in total. The van der Waals surface area contributed by atoms with Gasteiger partial charge in [0.2, 0.25) is 0 Å². The second kappa shape index (κ2) is 5.72. The van der Waals surface area contributed by atoms with E-state index in [4.69, 9.17) is 0 Å². The van der Waals surface area contributed by atoms with Gasteiger partial charge in [-0.2, -0.15) is 0 Å². The van der Waals surface area contributed by atoms with E-state index in [0.717, 1.165) is 11.8 Å². The first-order valence-electron chi connectivity index (χ1n) is 7.34. The molecule has 3 heteroatoms. The molecule has 18 heavy (non-hydrogen) atoms. The van der Waals surface area contributed by atoms with Crippen molar-refractivity contribution in [2.75, 3.05) is 26.2 Å². The first-order chi connectivity index (χ1) is 8.85. The Balaban J connectivity index is 1.60. The quantitative estimate of drug-likeness (QED) is 0.879. The van der Waals surface area contributed by atoms with Gasteiger partial charge in [0.05, 0.1) is 0 Å². The zero-order valence-electron chi connectivity index (χ0n) is 11.3. The highest BCUT2D eigenvalue weighted by atomic mass is 32.1. The van der Waals surface area contributed by atoms with Gasteiger partial charge in [-0.05, 0) is 49.7 Å². The molecule has 0 amide bonds. The van der Waals surface area contributed by atoms with Gasteiger partial charge in [0, 0.05) is 29.9 Å². The third-order valence-corrected chi connectivity index (χ3v) is 5.35. The number of hydrogen-bond acceptors (Lipinski definition) is 3. The molecule has 1 saturated heterocycles. The Labute approximate surface area is 114 Å². The highest BCUT2D eigenvalue weighted by Gasteiger charge is 2.29. The maximum absolute atomic E-state index is 3.80. The molecule has 1 aliphatic heterocycles. The van der Waals surface area contributed by atoms with Crippen LogP contribution in [0.1, 0.15) is 37.0 Å². The number of likely N-dealkylation sites (tertiary alicyclic amines) is 1. The van der Waals surface area contributed by atoms with Crippen molar-refractivity contribution in [3.05, 3.63) is 22.4 Å². The van der Waals surface area contributed by atoms with Gasteiger partial charge in [-0.1, -0.05) is 13.0 Å². The molecule has 2 fully saturated rings. The fraction of sp³-hybridized carbons (Fsp3) is 0.733. The van der Waals surface area contributed by atoms with Gasteiger partial charge < -0.3 is 10.2 Å². The topological polar surface area (TPSA) is 15.3 Å². The van der Waals surface area contributed by atoms with Crippen molar-refractivity contribution in [3.63, 3.8) is 0 Å². The average Bonchev–Trinajstić information content (AvgIpc) is 3.07. The third kappa shape index (κ3) is 3.14. The fourth-order valence-electron chi connectivity index (χ4n) is 2.98. The van der Waals surface area contributed by atoms with E-state index in [9.17, 15) is 0 Å². The number of nitrogens with zero attached hydrogens (tertiary/aromatic N) is 1. The average molecular weight is 264 g/mol. The van der Waals surface area contributed by atoms with E-state index in [-0.39, 0.29) is 0 Å². The molecule has 1 aliphatic carbocycles. The Morgan fingerprint density at radius 1 is 1.39 bits per heavy atom. The van der Waals surface area contributed by atoms with Gasteiger partial charge in [0.15, 0.2) is 0 Å². The van der Waals surface area contributed by atoms with Crippen LogP contribution in [0, 0.1) is 5.92 Å². The van der Waals surface area contributed by atoms with E-state index < -0.39 is 0 Å². The van der Waals surface area contributed by atoms with E-state index in [1.165, 1.54) is 45.4 Å². The van der Waals surface area contributed by atoms with Crippen LogP contribution in [0.3, 0.4) is 0 Å². The van der Waals surface area contributed by atoms with E-state index in [1.54, 1.807) is 4.88 Å². The summed E-state index contributed by atoms with van der Waals surface area (Å²) in [6, 6.07) is 5.20. The molecule has 0 radical (unpaired) electrons. The SMILES string of the molecule is CCN1CC(NCC2CC2)CC(c2cccs2)C1. The third-order valence-electron chi connectivity index (χ3n) is 4.31. The van der Waals surface area contributed by atoms with Gasteiger partial charge in [-0.3, -0.25) is 0 Å². The minimum Gasteiger partial charge on any atom is -0.312 e. The lowest BCUT2D eigenvalue weighted by Gasteiger charge is -2.37. The Hall–Kier alpha value is -0.380. The van der Waals surface area contributed by atoms with Crippen LogP contribution in [-0.4, -0.2) is 37.1 Å². The number of rotatable bonds is 5. The van der Waals surface area contributed by atoms with Gasteiger partial charge in [-0.25, -0.2) is 0 Å². The van der Waals surface area contributed by atoms with E-state index >= 15 is 0 Å². The van der Waals surface area contributed by atoms with E-state index in [0.29, 0.717) is 6.04 Å². The molecule has 3 rings (SSSR count). The van der Waals surface area contributed by atoms with Crippen LogP contribution in [-0.2, 0) is 0 Å². The van der Waals surface area contributed by atoms with Crippen molar-refractivity contribution >= 4 is 11.3 Å². The molecule has 1 aromatic rings. The summed E-state index contributed by atoms with van der Waals surface area (Å²) in [5.41, 5.74) is 0. The van der Waals surface area contributed by atoms with Crippen LogP contribution >= 0.6 is 11.3 Å². The van der Waals surface area contributed by atoms with Crippen LogP contribution in [0.5, 0.6) is 0 Å². The molecule has 2 heterocycles. The van der Waals surface area contributed by atoms with Crippen LogP contribution in [0.15, 0.2) is 17.5 Å². The first-order valence-corrected chi connectivity index (χ1v) is 8.22. The summed E-state index contributed by atoms with van der Waals surface area (Å²) in [5, 5.41) is 6.02. The predicted molar refractivity (Wildman–Crippen MR) is 78.3 cm³/mol. The summed E-state index contributed by atoms with van der Waals surface area (Å²) in [4.78, 5) is 4.18. The summed E-state index contributed by atoms with van der Waals surface area (Å²) in [6.45, 7) is 7.21. The Morgan fingerprint density at radius 3 is 2.94 bits per heavy atom. The van der Waals surface area contributed by atoms with Crippen molar-refractivity contribution in [3.8, 4) is 0 Å². The predicted octanol–water partition coefficient (Wildman–Crippen LogP) is 2.93. The molecule has 0 aromatic carbocycles. The van der Waals surface area contributed by atoms with Crippen LogP contribution in [0.25, 0.3) is 0 Å². The van der Waals surface area contributed by atoms with Crippen molar-refractivity contribution < 1.29 is 0 Å². The number of thiophene rings is 1. The van der Waals surface area contributed by atoms with Gasteiger partial charge >= 0.3 is 0 Å². The monoisotopic (exact) mass is 264 g/mol. The van der Waals surface area contributed by atoms with E-state index in [2.05, 4.69) is 34.7 Å². The highest BCUT2D eigenvalue weighted by Crippen LogP contribution is 2.31. The Kier molecular flexibility index (Phi) is 4.02. The molecular weight excluding hydrogens is 240 g/mol. The second-order valence-corrected chi connectivity index (χ2v) is 6.83. The summed E-state index contributed by atoms with van der Waals surface area (Å²) < 4.78 is 0. The molecular formula is C15H24N2S. The first kappa shape index (κ1) is 12.6. The molecule has 100 valence electrons. The number of hydrogen-bond donors (Lipinski definition) is 1. The summed E-state index contributed by atoms with van der Waals surface area (Å²) >= 11 is 1.93. The smallest absolute Gasteiger partial charge is 0.0201 e. The fourth-order valence-corrected chi connectivity index (χ4v) is 3.82. The van der Waals surface area contributed by atoms with Crippen LogP contribution < -0.4 is 5.32 Å². The maximum atomic E-state index is 3.80. The lowest BCUT2D eigenvalue weighted by Crippen LogP contribution is -2.48. The molecule has 1 saturated carbocycles. The van der Waals surface area contributed by atoms with Crippen molar-refractivity contribution in [1.82, 2.24) is 10.2 Å². The van der Waals surface area contributed by atoms with Crippen LogP contribution in [0.2, 0.25) is 0 Å². The van der Waals surface area contributed by atoms with Crippen molar-refractivity contribution in [1.29, 1.82) is 0 Å². The summed E-state index contributed by atoms with van der Waals surface area (Å²) in [6.07, 6.45) is 4.22. The molecule has 0 spiro atoms. The lowest BCUT2D eigenvalue weighted by atomic mass is 9.92. The largest absolute Gasteiger partial charge is 0.312 e. The summed E-state index contributed by atoms with van der Waals surface area (Å²) in [5.74, 6) is 1.73. The molecule has 0 bridgehead atoms. The summed E-state index contributed by atoms with van der Waals surface area (Å²) in [7, 11) is 0. The molecule has 2 unspecified atom stereocenters. The maximum Gasteiger partial charge on any atom is 0.0201 e. The van der Waals surface area contributed by atoms with Gasteiger partial charge in [0.1, 0.15) is 0 Å². The van der Waals surface area contributed by atoms with Crippen LogP contribution in [0.4, 0.5) is 0 Å². The lowest BCUT2D eigenvalue weighted by molar-refractivity contribution is 0.179. The molecule has 1 aromatic heterocycles. The number of piperidine rings is 1. The minimum atomic E-state index is 0.700. The van der Waals surface area contributed by atoms with Crippen molar-refractivity contribution in [2.24, 2.45) is 5.92 Å². The normalized spacial score (nSPS) is 29.6. The number of likely N-dealkylation sites (N-methyl/N-ethyl adjacent to an activating group) is 1. The minimum absolute atomic E-state index is 0.700. The standard InChI is InChI=1S/C15H24N2S/c1-2-17-10-13(15-4-3-7-18-15)8-14(11-17)16-9-12-5-6-12/h3-4,7,12-14,16H,2,5-6,8-11H2,1H3. The van der Waals surface area contributed by atoms with Gasteiger partial charge in [-0.15, -0.1) is 11.3 Å². The number of nitrogens with one attached hydrogen (secondary N) is 1. The Morgan fingerprint density at radius 2 is 2.28 bits per heavy atom. The van der Waals surface area contributed by atoms with E-state index in [1.807, 2.05) is 11.3 Å². The molecule has 2 aliphatic rings.